The summed E-state index contributed by atoms with van der Waals surface area (Å²) in [7, 11) is 0. The summed E-state index contributed by atoms with van der Waals surface area (Å²) in [5, 5.41) is 10.8. The lowest BCUT2D eigenvalue weighted by Crippen LogP contribution is -2.58. The number of aliphatic hydroxyl groups is 1. The Hall–Kier alpha value is -1.68. The molecule has 0 heterocycles. The van der Waals surface area contributed by atoms with Gasteiger partial charge in [-0.05, 0) is 69.8 Å². The molecule has 1 aromatic carbocycles. The fourth-order valence-electron chi connectivity index (χ4n) is 5.94. The van der Waals surface area contributed by atoms with Crippen LogP contribution in [0.15, 0.2) is 18.2 Å². The van der Waals surface area contributed by atoms with Crippen molar-refractivity contribution in [2.24, 2.45) is 17.3 Å². The first-order valence-electron chi connectivity index (χ1n) is 9.29. The highest BCUT2D eigenvalue weighted by Gasteiger charge is 2.60. The van der Waals surface area contributed by atoms with Crippen molar-refractivity contribution in [2.75, 3.05) is 6.61 Å². The summed E-state index contributed by atoms with van der Waals surface area (Å²) in [5.74, 6) is 0.412. The lowest BCUT2D eigenvalue weighted by Gasteiger charge is -2.58. The van der Waals surface area contributed by atoms with Crippen LogP contribution in [0.25, 0.3) is 0 Å². The third-order valence-electron chi connectivity index (χ3n) is 6.48. The zero-order valence-electron chi connectivity index (χ0n) is 15.0. The average Bonchev–Trinajstić information content (AvgIpc) is 2.49. The van der Waals surface area contributed by atoms with Crippen molar-refractivity contribution in [1.29, 1.82) is 0 Å². The van der Waals surface area contributed by atoms with Gasteiger partial charge in [0.2, 0.25) is 5.78 Å². The molecule has 4 aliphatic carbocycles. The number of benzene rings is 1. The highest BCUT2D eigenvalue weighted by molar-refractivity contribution is 5.99. The highest BCUT2D eigenvalue weighted by atomic mass is 16.5. The largest absolute Gasteiger partial charge is 0.457 e. The van der Waals surface area contributed by atoms with Crippen LogP contribution in [-0.4, -0.2) is 29.1 Å². The van der Waals surface area contributed by atoms with Gasteiger partial charge in [0, 0.05) is 5.56 Å². The fraction of sp³-hybridized carbons (Fsp3) is 0.619. The molecule has 0 spiro atoms. The first-order valence-corrected chi connectivity index (χ1v) is 9.29. The standard InChI is InChI=1S/C21H26O4/c1-13-3-4-17(14(2)5-13)18(22)11-25-19(23)20-7-15-6-16(8-20)10-21(24,9-15)12-20/h3-5,15-16,24H,6-12H2,1-2H3/t15-,16+,20?,21?. The summed E-state index contributed by atoms with van der Waals surface area (Å²) in [6, 6.07) is 5.66. The first-order chi connectivity index (χ1) is 11.8. The minimum absolute atomic E-state index is 0.158. The Morgan fingerprint density at radius 3 is 2.44 bits per heavy atom. The van der Waals surface area contributed by atoms with Crippen molar-refractivity contribution in [3.8, 4) is 0 Å². The van der Waals surface area contributed by atoms with E-state index in [9.17, 15) is 14.7 Å². The van der Waals surface area contributed by atoms with Crippen molar-refractivity contribution in [3.05, 3.63) is 34.9 Å². The molecule has 0 saturated heterocycles. The number of hydrogen-bond donors (Lipinski definition) is 1. The molecule has 0 amide bonds. The van der Waals surface area contributed by atoms with E-state index in [0.717, 1.165) is 43.2 Å². The van der Waals surface area contributed by atoms with Crippen LogP contribution in [0.3, 0.4) is 0 Å². The minimum Gasteiger partial charge on any atom is -0.457 e. The van der Waals surface area contributed by atoms with Crippen LogP contribution in [0.1, 0.15) is 60.0 Å². The zero-order valence-corrected chi connectivity index (χ0v) is 15.0. The molecule has 1 aromatic rings. The first kappa shape index (κ1) is 16.8. The van der Waals surface area contributed by atoms with E-state index in [0.29, 0.717) is 23.8 Å². The molecule has 25 heavy (non-hydrogen) atoms. The van der Waals surface area contributed by atoms with Gasteiger partial charge in [-0.2, -0.15) is 0 Å². The minimum atomic E-state index is -0.694. The zero-order chi connectivity index (χ0) is 17.8. The number of hydrogen-bond acceptors (Lipinski definition) is 4. The average molecular weight is 342 g/mol. The number of carbonyl (C=O) groups excluding carboxylic acids is 2. The number of aryl methyl sites for hydroxylation is 2. The molecule has 0 aliphatic heterocycles. The second-order valence-corrected chi connectivity index (χ2v) is 8.78. The van der Waals surface area contributed by atoms with Crippen molar-refractivity contribution in [3.63, 3.8) is 0 Å². The molecular formula is C21H26O4. The van der Waals surface area contributed by atoms with E-state index in [2.05, 4.69) is 0 Å². The molecule has 4 heteroatoms. The van der Waals surface area contributed by atoms with Gasteiger partial charge in [-0.1, -0.05) is 23.8 Å². The quantitative estimate of drug-likeness (QED) is 0.673. The molecular weight excluding hydrogens is 316 g/mol. The highest BCUT2D eigenvalue weighted by Crippen LogP contribution is 2.61. The molecule has 4 bridgehead atoms. The maximum absolute atomic E-state index is 12.8. The van der Waals surface area contributed by atoms with Crippen molar-refractivity contribution < 1.29 is 19.4 Å². The summed E-state index contributed by atoms with van der Waals surface area (Å²) >= 11 is 0. The summed E-state index contributed by atoms with van der Waals surface area (Å²) in [4.78, 5) is 25.3. The number of carbonyl (C=O) groups is 2. The van der Waals surface area contributed by atoms with Gasteiger partial charge < -0.3 is 9.84 Å². The summed E-state index contributed by atoms with van der Waals surface area (Å²) in [6.07, 6.45) is 4.88. The van der Waals surface area contributed by atoms with E-state index < -0.39 is 11.0 Å². The Morgan fingerprint density at radius 1 is 1.16 bits per heavy atom. The molecule has 0 radical (unpaired) electrons. The molecule has 4 atom stereocenters. The lowest BCUT2D eigenvalue weighted by atomic mass is 9.48. The van der Waals surface area contributed by atoms with Gasteiger partial charge in [0.25, 0.3) is 0 Å². The second kappa shape index (κ2) is 5.66. The summed E-state index contributed by atoms with van der Waals surface area (Å²) in [6.45, 7) is 3.67. The molecule has 4 saturated carbocycles. The molecule has 2 unspecified atom stereocenters. The fourth-order valence-corrected chi connectivity index (χ4v) is 5.94. The lowest BCUT2D eigenvalue weighted by molar-refractivity contribution is -0.195. The van der Waals surface area contributed by atoms with Gasteiger partial charge in [0.05, 0.1) is 11.0 Å². The SMILES string of the molecule is Cc1ccc(C(=O)COC(=O)C23C[C@@H]4C[C@@H](CC(O)(C4)C2)C3)c(C)c1. The third-order valence-corrected chi connectivity index (χ3v) is 6.48. The molecule has 5 rings (SSSR count). The number of ether oxygens (including phenoxy) is 1. The Bertz CT molecular complexity index is 721. The molecule has 0 aromatic heterocycles. The van der Waals surface area contributed by atoms with Crippen LogP contribution < -0.4 is 0 Å². The Labute approximate surface area is 148 Å². The van der Waals surface area contributed by atoms with E-state index in [1.54, 1.807) is 6.07 Å². The maximum Gasteiger partial charge on any atom is 0.312 e. The molecule has 4 fully saturated rings. The van der Waals surface area contributed by atoms with Gasteiger partial charge in [-0.25, -0.2) is 0 Å². The summed E-state index contributed by atoms with van der Waals surface area (Å²) in [5.41, 5.74) is 1.36. The maximum atomic E-state index is 12.8. The van der Waals surface area contributed by atoms with Crippen LogP contribution in [0.4, 0.5) is 0 Å². The van der Waals surface area contributed by atoms with Gasteiger partial charge in [-0.15, -0.1) is 0 Å². The van der Waals surface area contributed by atoms with E-state index in [4.69, 9.17) is 4.74 Å². The molecule has 4 aliphatic rings. The molecule has 1 N–H and O–H groups in total. The van der Waals surface area contributed by atoms with E-state index in [1.807, 2.05) is 26.0 Å². The monoisotopic (exact) mass is 342 g/mol. The van der Waals surface area contributed by atoms with E-state index >= 15 is 0 Å². The van der Waals surface area contributed by atoms with Crippen LogP contribution in [0.2, 0.25) is 0 Å². The van der Waals surface area contributed by atoms with Crippen molar-refractivity contribution >= 4 is 11.8 Å². The van der Waals surface area contributed by atoms with Crippen molar-refractivity contribution in [1.82, 2.24) is 0 Å². The van der Waals surface area contributed by atoms with Gasteiger partial charge in [0.15, 0.2) is 6.61 Å². The van der Waals surface area contributed by atoms with Crippen LogP contribution in [0, 0.1) is 31.1 Å². The van der Waals surface area contributed by atoms with Gasteiger partial charge in [0.1, 0.15) is 0 Å². The van der Waals surface area contributed by atoms with E-state index in [-0.39, 0.29) is 18.4 Å². The normalized spacial score (nSPS) is 35.6. The smallest absolute Gasteiger partial charge is 0.312 e. The number of rotatable bonds is 4. The third kappa shape index (κ3) is 2.91. The Balaban J connectivity index is 1.45. The Kier molecular flexibility index (Phi) is 3.80. The Morgan fingerprint density at radius 2 is 1.84 bits per heavy atom. The van der Waals surface area contributed by atoms with Crippen molar-refractivity contribution in [2.45, 2.75) is 58.0 Å². The van der Waals surface area contributed by atoms with Crippen LogP contribution >= 0.6 is 0 Å². The molecule has 134 valence electrons. The summed E-state index contributed by atoms with van der Waals surface area (Å²) < 4.78 is 5.47. The number of Topliss-reactive ketones (excluding diaryl/α,β-unsaturated/α-hetero) is 1. The van der Waals surface area contributed by atoms with Crippen LogP contribution in [0.5, 0.6) is 0 Å². The predicted octanol–water partition coefficient (Wildman–Crippen LogP) is 3.36. The predicted molar refractivity (Wildman–Crippen MR) is 93.3 cm³/mol. The number of esters is 1. The van der Waals surface area contributed by atoms with E-state index in [1.165, 1.54) is 0 Å². The van der Waals surface area contributed by atoms with Crippen LogP contribution in [-0.2, 0) is 9.53 Å². The van der Waals surface area contributed by atoms with Gasteiger partial charge in [-0.3, -0.25) is 9.59 Å². The number of ketones is 1. The molecule has 4 nitrogen and oxygen atoms in total. The van der Waals surface area contributed by atoms with Gasteiger partial charge >= 0.3 is 5.97 Å². The second-order valence-electron chi connectivity index (χ2n) is 8.78. The topological polar surface area (TPSA) is 63.6 Å².